The van der Waals surface area contributed by atoms with Crippen molar-refractivity contribution in [3.63, 3.8) is 0 Å². The van der Waals surface area contributed by atoms with E-state index in [9.17, 15) is 9.90 Å². The highest BCUT2D eigenvalue weighted by atomic mass is 35.5. The van der Waals surface area contributed by atoms with Crippen molar-refractivity contribution in [2.24, 2.45) is 5.10 Å². The third kappa shape index (κ3) is 4.23. The Hall–Kier alpha value is -2.82. The predicted molar refractivity (Wildman–Crippen MR) is 105 cm³/mol. The number of aromatic hydroxyl groups is 1. The van der Waals surface area contributed by atoms with Crippen LogP contribution in [-0.4, -0.2) is 17.2 Å². The van der Waals surface area contributed by atoms with Crippen molar-refractivity contribution in [1.82, 2.24) is 5.43 Å². The molecule has 0 aromatic heterocycles. The molecule has 0 fully saturated rings. The molecule has 1 amide bonds. The molecular weight excluding hydrogens is 371 g/mol. The number of nitrogens with one attached hydrogen (secondary N) is 1. The smallest absolute Gasteiger partial charge is 0.271 e. The Balaban J connectivity index is 1.69. The molecule has 0 aliphatic rings. The molecule has 26 heavy (non-hydrogen) atoms. The molecule has 0 saturated carbocycles. The average Bonchev–Trinajstić information content (AvgIpc) is 2.66. The van der Waals surface area contributed by atoms with Crippen LogP contribution in [0.2, 0.25) is 10.0 Å². The second-order valence-electron chi connectivity index (χ2n) is 5.47. The van der Waals surface area contributed by atoms with Gasteiger partial charge >= 0.3 is 0 Å². The Bertz CT molecular complexity index is 956. The van der Waals surface area contributed by atoms with Gasteiger partial charge in [0, 0.05) is 16.1 Å². The van der Waals surface area contributed by atoms with Crippen LogP contribution in [0, 0.1) is 0 Å². The maximum Gasteiger partial charge on any atom is 0.271 e. The number of phenolic OH excluding ortho intramolecular Hbond substituents is 1. The lowest BCUT2D eigenvalue weighted by Gasteiger charge is -2.04. The minimum absolute atomic E-state index is 0.113. The molecule has 3 rings (SSSR count). The van der Waals surface area contributed by atoms with E-state index in [1.807, 2.05) is 42.5 Å². The van der Waals surface area contributed by atoms with Gasteiger partial charge in [0.05, 0.1) is 11.2 Å². The van der Waals surface area contributed by atoms with Gasteiger partial charge in [0.1, 0.15) is 5.75 Å². The number of carbonyl (C=O) groups is 1. The largest absolute Gasteiger partial charge is 0.506 e. The maximum absolute atomic E-state index is 12.2. The molecule has 0 unspecified atom stereocenters. The third-order valence-electron chi connectivity index (χ3n) is 3.68. The molecule has 4 nitrogen and oxygen atoms in total. The second kappa shape index (κ2) is 8.04. The topological polar surface area (TPSA) is 61.7 Å². The van der Waals surface area contributed by atoms with Gasteiger partial charge in [-0.3, -0.25) is 4.79 Å². The van der Waals surface area contributed by atoms with Gasteiger partial charge in [0.2, 0.25) is 0 Å². The zero-order valence-electron chi connectivity index (χ0n) is 13.5. The molecule has 3 aromatic rings. The van der Waals surface area contributed by atoms with Crippen LogP contribution in [-0.2, 0) is 0 Å². The first-order valence-electron chi connectivity index (χ1n) is 7.71. The molecule has 2 N–H and O–H groups in total. The summed E-state index contributed by atoms with van der Waals surface area (Å²) in [6.07, 6.45) is 1.28. The fourth-order valence-corrected chi connectivity index (χ4v) is 2.86. The average molecular weight is 385 g/mol. The Kier molecular flexibility index (Phi) is 5.56. The van der Waals surface area contributed by atoms with Crippen molar-refractivity contribution in [3.8, 4) is 16.9 Å². The highest BCUT2D eigenvalue weighted by molar-refractivity contribution is 6.36. The summed E-state index contributed by atoms with van der Waals surface area (Å²) in [5.74, 6) is -0.519. The molecule has 0 aliphatic carbocycles. The van der Waals surface area contributed by atoms with E-state index in [4.69, 9.17) is 23.2 Å². The number of amides is 1. The van der Waals surface area contributed by atoms with Gasteiger partial charge in [-0.25, -0.2) is 5.43 Å². The van der Waals surface area contributed by atoms with Crippen LogP contribution in [0.25, 0.3) is 11.1 Å². The van der Waals surface area contributed by atoms with Crippen LogP contribution in [0.15, 0.2) is 71.8 Å². The first-order valence-corrected chi connectivity index (χ1v) is 8.47. The SMILES string of the molecule is O=C(N/N=C/c1cc(Cl)cc(Cl)c1O)c1ccc(-c2ccccc2)cc1. The number of rotatable bonds is 4. The van der Waals surface area contributed by atoms with Crippen LogP contribution in [0.5, 0.6) is 5.75 Å². The van der Waals surface area contributed by atoms with Crippen molar-refractivity contribution in [2.75, 3.05) is 0 Å². The lowest BCUT2D eigenvalue weighted by atomic mass is 10.0. The number of hydrogen-bond donors (Lipinski definition) is 2. The number of carbonyl (C=O) groups excluding carboxylic acids is 1. The van der Waals surface area contributed by atoms with Gasteiger partial charge in [-0.05, 0) is 35.4 Å². The second-order valence-corrected chi connectivity index (χ2v) is 6.31. The number of hydrazone groups is 1. The van der Waals surface area contributed by atoms with Crippen LogP contribution in [0.3, 0.4) is 0 Å². The van der Waals surface area contributed by atoms with Crippen molar-refractivity contribution < 1.29 is 9.90 Å². The summed E-state index contributed by atoms with van der Waals surface area (Å²) in [6.45, 7) is 0. The minimum Gasteiger partial charge on any atom is -0.506 e. The standard InChI is InChI=1S/C20H14Cl2N2O2/c21-17-10-16(19(25)18(22)11-17)12-23-24-20(26)15-8-6-14(7-9-15)13-4-2-1-3-5-13/h1-12,25H,(H,24,26)/b23-12+. The van der Waals surface area contributed by atoms with E-state index < -0.39 is 0 Å². The van der Waals surface area contributed by atoms with Gasteiger partial charge in [-0.15, -0.1) is 0 Å². The van der Waals surface area contributed by atoms with E-state index in [1.165, 1.54) is 18.3 Å². The Morgan fingerprint density at radius 2 is 1.62 bits per heavy atom. The summed E-state index contributed by atoms with van der Waals surface area (Å²) in [7, 11) is 0. The first kappa shape index (κ1) is 18.0. The maximum atomic E-state index is 12.2. The van der Waals surface area contributed by atoms with E-state index in [2.05, 4.69) is 10.5 Å². The summed E-state index contributed by atoms with van der Waals surface area (Å²) >= 11 is 11.7. The molecule has 0 aliphatic heterocycles. The molecule has 130 valence electrons. The van der Waals surface area contributed by atoms with E-state index >= 15 is 0 Å². The van der Waals surface area contributed by atoms with E-state index in [1.54, 1.807) is 12.1 Å². The van der Waals surface area contributed by atoms with Crippen LogP contribution < -0.4 is 5.43 Å². The molecule has 3 aromatic carbocycles. The normalized spacial score (nSPS) is 10.8. The van der Waals surface area contributed by atoms with Crippen LogP contribution in [0.4, 0.5) is 0 Å². The Labute approximate surface area is 160 Å². The first-order chi connectivity index (χ1) is 12.5. The number of phenols is 1. The Morgan fingerprint density at radius 1 is 0.962 bits per heavy atom. The van der Waals surface area contributed by atoms with Gasteiger partial charge in [-0.1, -0.05) is 65.7 Å². The van der Waals surface area contributed by atoms with E-state index in [0.29, 0.717) is 16.1 Å². The molecule has 0 atom stereocenters. The zero-order valence-corrected chi connectivity index (χ0v) is 15.0. The quantitative estimate of drug-likeness (QED) is 0.483. The number of nitrogens with zero attached hydrogens (tertiary/aromatic N) is 1. The van der Waals surface area contributed by atoms with Gasteiger partial charge in [0.15, 0.2) is 0 Å². The van der Waals surface area contributed by atoms with E-state index in [-0.39, 0.29) is 16.7 Å². The minimum atomic E-state index is -0.367. The van der Waals surface area contributed by atoms with Crippen LogP contribution in [0.1, 0.15) is 15.9 Å². The molecule has 0 saturated heterocycles. The van der Waals surface area contributed by atoms with Crippen molar-refractivity contribution in [1.29, 1.82) is 0 Å². The molecule has 6 heteroatoms. The van der Waals surface area contributed by atoms with Crippen LogP contribution >= 0.6 is 23.2 Å². The van der Waals surface area contributed by atoms with Gasteiger partial charge < -0.3 is 5.11 Å². The molecule has 0 radical (unpaired) electrons. The third-order valence-corrected chi connectivity index (χ3v) is 4.19. The van der Waals surface area contributed by atoms with Gasteiger partial charge in [0.25, 0.3) is 5.91 Å². The molecule has 0 spiro atoms. The Morgan fingerprint density at radius 3 is 2.31 bits per heavy atom. The highest BCUT2D eigenvalue weighted by Crippen LogP contribution is 2.29. The predicted octanol–water partition coefficient (Wildman–Crippen LogP) is 5.13. The monoisotopic (exact) mass is 384 g/mol. The summed E-state index contributed by atoms with van der Waals surface area (Å²) in [5, 5.41) is 14.2. The molecular formula is C20H14Cl2N2O2. The van der Waals surface area contributed by atoms with Crippen molar-refractivity contribution in [2.45, 2.75) is 0 Å². The zero-order chi connectivity index (χ0) is 18.5. The summed E-state index contributed by atoms with van der Waals surface area (Å²) in [4.78, 5) is 12.2. The summed E-state index contributed by atoms with van der Waals surface area (Å²) in [6, 6.07) is 20.0. The molecule has 0 bridgehead atoms. The van der Waals surface area contributed by atoms with E-state index in [0.717, 1.165) is 11.1 Å². The molecule has 0 heterocycles. The van der Waals surface area contributed by atoms with Crippen molar-refractivity contribution >= 4 is 35.3 Å². The fraction of sp³-hybridized carbons (Fsp3) is 0. The highest BCUT2D eigenvalue weighted by Gasteiger charge is 2.07. The van der Waals surface area contributed by atoms with Gasteiger partial charge in [-0.2, -0.15) is 5.10 Å². The fourth-order valence-electron chi connectivity index (χ4n) is 2.35. The lowest BCUT2D eigenvalue weighted by molar-refractivity contribution is 0.0955. The number of halogens is 2. The number of hydrogen-bond acceptors (Lipinski definition) is 3. The summed E-state index contributed by atoms with van der Waals surface area (Å²) < 4.78 is 0. The number of benzene rings is 3. The summed E-state index contributed by atoms with van der Waals surface area (Å²) in [5.41, 5.74) is 5.27. The van der Waals surface area contributed by atoms with Crippen molar-refractivity contribution in [3.05, 3.63) is 87.9 Å². The lowest BCUT2D eigenvalue weighted by Crippen LogP contribution is -2.17.